The molecule has 1 aromatic carbocycles. The topological polar surface area (TPSA) is 50.1 Å². The second-order valence-corrected chi connectivity index (χ2v) is 4.09. The zero-order valence-corrected chi connectivity index (χ0v) is 10.1. The second kappa shape index (κ2) is 5.02. The van der Waals surface area contributed by atoms with Crippen LogP contribution in [-0.4, -0.2) is 14.8 Å². The molecule has 0 spiro atoms. The Kier molecular flexibility index (Phi) is 3.59. The predicted octanol–water partition coefficient (Wildman–Crippen LogP) is 2.58. The molecule has 4 nitrogen and oxygen atoms in total. The summed E-state index contributed by atoms with van der Waals surface area (Å²) in [6.07, 6.45) is -3.49. The Hall–Kier alpha value is -1.86. The van der Waals surface area contributed by atoms with Crippen LogP contribution >= 0.6 is 0 Å². The summed E-state index contributed by atoms with van der Waals surface area (Å²) >= 11 is 0. The molecule has 2 rings (SSSR count). The fourth-order valence-corrected chi connectivity index (χ4v) is 1.73. The lowest BCUT2D eigenvalue weighted by Gasteiger charge is -2.03. The third kappa shape index (κ3) is 2.94. The summed E-state index contributed by atoms with van der Waals surface area (Å²) in [5, 5.41) is 8.55. The average Bonchev–Trinajstić information content (AvgIpc) is 2.73. The Morgan fingerprint density at radius 3 is 2.37 bits per heavy atom. The molecule has 2 N–H and O–H groups in total. The molecule has 0 fully saturated rings. The van der Waals surface area contributed by atoms with Crippen molar-refractivity contribution in [2.75, 3.05) is 0 Å². The lowest BCUT2D eigenvalue weighted by Crippen LogP contribution is -2.05. The van der Waals surface area contributed by atoms with Crippen LogP contribution in [0.25, 0.3) is 11.4 Å². The van der Waals surface area contributed by atoms with Crippen molar-refractivity contribution in [2.24, 2.45) is 7.05 Å². The number of hydrogen-bond donors (Lipinski definition) is 2. The summed E-state index contributed by atoms with van der Waals surface area (Å²) in [6, 6.07) is 6.74. The van der Waals surface area contributed by atoms with E-state index in [0.29, 0.717) is 5.56 Å². The molecular weight excluding hydrogens is 259 g/mol. The molecule has 1 heterocycles. The SMILES string of the molecule is Cn1cc(C(F)(F)F)nc1-c1ccc(CNO)cc1. The van der Waals surface area contributed by atoms with E-state index in [9.17, 15) is 13.2 Å². The number of rotatable bonds is 3. The van der Waals surface area contributed by atoms with Gasteiger partial charge >= 0.3 is 6.18 Å². The summed E-state index contributed by atoms with van der Waals surface area (Å²) in [5.74, 6) is 0.246. The van der Waals surface area contributed by atoms with Crippen LogP contribution in [0.15, 0.2) is 30.5 Å². The molecule has 0 unspecified atom stereocenters. The summed E-state index contributed by atoms with van der Waals surface area (Å²) in [5.41, 5.74) is 2.50. The van der Waals surface area contributed by atoms with Gasteiger partial charge in [-0.3, -0.25) is 0 Å². The van der Waals surface area contributed by atoms with E-state index in [2.05, 4.69) is 4.98 Å². The molecular formula is C12H12F3N3O. The summed E-state index contributed by atoms with van der Waals surface area (Å²) in [4.78, 5) is 3.60. The Bertz CT molecular complexity index is 561. The molecule has 19 heavy (non-hydrogen) atoms. The first kappa shape index (κ1) is 13.6. The Labute approximate surface area is 107 Å². The molecule has 0 radical (unpaired) electrons. The lowest BCUT2D eigenvalue weighted by molar-refractivity contribution is -0.140. The molecule has 2 aromatic rings. The molecule has 102 valence electrons. The Balaban J connectivity index is 2.34. The molecule has 0 aliphatic rings. The number of imidazole rings is 1. The highest BCUT2D eigenvalue weighted by Gasteiger charge is 2.34. The smallest absolute Gasteiger partial charge is 0.333 e. The van der Waals surface area contributed by atoms with Crippen molar-refractivity contribution >= 4 is 0 Å². The average molecular weight is 271 g/mol. The van der Waals surface area contributed by atoms with Crippen molar-refractivity contribution in [3.63, 3.8) is 0 Å². The fourth-order valence-electron chi connectivity index (χ4n) is 1.73. The van der Waals surface area contributed by atoms with E-state index in [0.717, 1.165) is 11.8 Å². The van der Waals surface area contributed by atoms with Gasteiger partial charge in [0.2, 0.25) is 0 Å². The molecule has 0 aliphatic carbocycles. The van der Waals surface area contributed by atoms with E-state index >= 15 is 0 Å². The maximum Gasteiger partial charge on any atom is 0.434 e. The van der Waals surface area contributed by atoms with Gasteiger partial charge in [0.15, 0.2) is 5.69 Å². The van der Waals surface area contributed by atoms with Crippen molar-refractivity contribution in [3.05, 3.63) is 41.7 Å². The standard InChI is InChI=1S/C12H12F3N3O/c1-18-7-10(12(13,14)15)17-11(18)9-4-2-8(3-5-9)6-16-19/h2-5,7,16,19H,6H2,1H3. The van der Waals surface area contributed by atoms with Crippen LogP contribution in [-0.2, 0) is 19.8 Å². The van der Waals surface area contributed by atoms with Crippen molar-refractivity contribution < 1.29 is 18.4 Å². The number of alkyl halides is 3. The monoisotopic (exact) mass is 271 g/mol. The Morgan fingerprint density at radius 1 is 1.26 bits per heavy atom. The van der Waals surface area contributed by atoms with Crippen LogP contribution in [0.5, 0.6) is 0 Å². The van der Waals surface area contributed by atoms with Gasteiger partial charge < -0.3 is 9.77 Å². The molecule has 7 heteroatoms. The van der Waals surface area contributed by atoms with Crippen LogP contribution in [0.1, 0.15) is 11.3 Å². The number of nitrogens with zero attached hydrogens (tertiary/aromatic N) is 2. The number of hydroxylamine groups is 1. The molecule has 0 atom stereocenters. The van der Waals surface area contributed by atoms with Crippen molar-refractivity contribution in [2.45, 2.75) is 12.7 Å². The van der Waals surface area contributed by atoms with Crippen molar-refractivity contribution in [1.82, 2.24) is 15.0 Å². The predicted molar refractivity (Wildman–Crippen MR) is 62.3 cm³/mol. The minimum absolute atomic E-state index is 0.246. The quantitative estimate of drug-likeness (QED) is 0.844. The number of aromatic nitrogens is 2. The van der Waals surface area contributed by atoms with Gasteiger partial charge in [-0.1, -0.05) is 24.3 Å². The molecule has 0 bridgehead atoms. The summed E-state index contributed by atoms with van der Waals surface area (Å²) < 4.78 is 39.0. The maximum atomic E-state index is 12.5. The van der Waals surface area contributed by atoms with Crippen molar-refractivity contribution in [1.29, 1.82) is 0 Å². The molecule has 1 aromatic heterocycles. The number of benzene rings is 1. The largest absolute Gasteiger partial charge is 0.434 e. The van der Waals surface area contributed by atoms with Gasteiger partial charge in [0.25, 0.3) is 0 Å². The number of aryl methyl sites for hydroxylation is 1. The number of halogens is 3. The van der Waals surface area contributed by atoms with Gasteiger partial charge in [-0.05, 0) is 5.56 Å². The zero-order valence-electron chi connectivity index (χ0n) is 10.1. The van der Waals surface area contributed by atoms with E-state index < -0.39 is 11.9 Å². The fraction of sp³-hybridized carbons (Fsp3) is 0.250. The van der Waals surface area contributed by atoms with E-state index in [4.69, 9.17) is 5.21 Å². The van der Waals surface area contributed by atoms with Crippen molar-refractivity contribution in [3.8, 4) is 11.4 Å². The molecule has 0 saturated carbocycles. The molecule has 0 saturated heterocycles. The van der Waals surface area contributed by atoms with E-state index in [1.54, 1.807) is 24.3 Å². The first-order valence-electron chi connectivity index (χ1n) is 5.48. The second-order valence-electron chi connectivity index (χ2n) is 4.09. The van der Waals surface area contributed by atoms with Crippen LogP contribution in [0.3, 0.4) is 0 Å². The van der Waals surface area contributed by atoms with Gasteiger partial charge in [0.05, 0.1) is 0 Å². The van der Waals surface area contributed by atoms with Crippen LogP contribution in [0.2, 0.25) is 0 Å². The summed E-state index contributed by atoms with van der Waals surface area (Å²) in [6.45, 7) is 0.272. The minimum atomic E-state index is -4.45. The Morgan fingerprint density at radius 2 is 1.89 bits per heavy atom. The van der Waals surface area contributed by atoms with E-state index in [-0.39, 0.29) is 12.4 Å². The maximum absolute atomic E-state index is 12.5. The van der Waals surface area contributed by atoms with Crippen LogP contribution < -0.4 is 5.48 Å². The third-order valence-electron chi connectivity index (χ3n) is 2.66. The van der Waals surface area contributed by atoms with Gasteiger partial charge in [0, 0.05) is 25.4 Å². The number of nitrogens with one attached hydrogen (secondary N) is 1. The lowest BCUT2D eigenvalue weighted by atomic mass is 10.1. The normalized spacial score (nSPS) is 11.8. The first-order valence-corrected chi connectivity index (χ1v) is 5.48. The summed E-state index contributed by atoms with van der Waals surface area (Å²) in [7, 11) is 1.51. The zero-order chi connectivity index (χ0) is 14.0. The highest BCUT2D eigenvalue weighted by molar-refractivity contribution is 5.56. The molecule has 0 amide bonds. The van der Waals surface area contributed by atoms with Gasteiger partial charge in [0.1, 0.15) is 5.82 Å². The first-order chi connectivity index (χ1) is 8.91. The van der Waals surface area contributed by atoms with Gasteiger partial charge in [-0.2, -0.15) is 13.2 Å². The number of hydrogen-bond acceptors (Lipinski definition) is 3. The van der Waals surface area contributed by atoms with E-state index in [1.165, 1.54) is 11.6 Å². The van der Waals surface area contributed by atoms with Crippen LogP contribution in [0.4, 0.5) is 13.2 Å². The highest BCUT2D eigenvalue weighted by atomic mass is 19.4. The van der Waals surface area contributed by atoms with E-state index in [1.807, 2.05) is 5.48 Å². The third-order valence-corrected chi connectivity index (χ3v) is 2.66. The van der Waals surface area contributed by atoms with Crippen LogP contribution in [0, 0.1) is 0 Å². The van der Waals surface area contributed by atoms with Gasteiger partial charge in [-0.15, -0.1) is 0 Å². The highest BCUT2D eigenvalue weighted by Crippen LogP contribution is 2.30. The minimum Gasteiger partial charge on any atom is -0.333 e. The molecule has 0 aliphatic heterocycles. The van der Waals surface area contributed by atoms with Gasteiger partial charge in [-0.25, -0.2) is 10.5 Å².